The van der Waals surface area contributed by atoms with Crippen molar-refractivity contribution in [2.45, 2.75) is 26.9 Å². The molecule has 1 aliphatic rings. The lowest BCUT2D eigenvalue weighted by molar-refractivity contribution is 0.140. The smallest absolute Gasteiger partial charge is 0.191 e. The normalized spacial score (nSPS) is 17.6. The number of aliphatic imine (C=N–C) groups is 1. The molecule has 1 aromatic rings. The lowest BCUT2D eigenvalue weighted by Gasteiger charge is -2.33. The van der Waals surface area contributed by atoms with Crippen LogP contribution in [0, 0.1) is 5.92 Å². The molecule has 1 aliphatic heterocycles. The lowest BCUT2D eigenvalue weighted by atomic mass is 10.1. The van der Waals surface area contributed by atoms with Crippen molar-refractivity contribution in [1.29, 1.82) is 0 Å². The van der Waals surface area contributed by atoms with Gasteiger partial charge in [-0.2, -0.15) is 0 Å². The first kappa shape index (κ1) is 26.8. The van der Waals surface area contributed by atoms with Crippen LogP contribution >= 0.6 is 24.0 Å². The number of guanidine groups is 1. The molecular formula is C22H40IN5O2. The van der Waals surface area contributed by atoms with Crippen LogP contribution in [0.1, 0.15) is 20.8 Å². The second-order valence-corrected chi connectivity index (χ2v) is 7.89. The minimum atomic E-state index is -0.0158. The van der Waals surface area contributed by atoms with Gasteiger partial charge in [-0.1, -0.05) is 19.1 Å². The minimum absolute atomic E-state index is 0. The molecule has 0 aliphatic carbocycles. The van der Waals surface area contributed by atoms with Gasteiger partial charge < -0.3 is 29.9 Å². The quantitative estimate of drug-likeness (QED) is 0.274. The predicted octanol–water partition coefficient (Wildman–Crippen LogP) is 2.52. The second-order valence-electron chi connectivity index (χ2n) is 7.89. The third-order valence-electron chi connectivity index (χ3n) is 5.03. The summed E-state index contributed by atoms with van der Waals surface area (Å²) in [5.74, 6) is 2.87. The largest absolute Gasteiger partial charge is 0.493 e. The topological polar surface area (TPSA) is 61.4 Å². The van der Waals surface area contributed by atoms with Crippen molar-refractivity contribution in [2.75, 3.05) is 66.5 Å². The number of halogens is 1. The van der Waals surface area contributed by atoms with Crippen LogP contribution in [0.15, 0.2) is 29.3 Å². The van der Waals surface area contributed by atoms with Crippen molar-refractivity contribution in [3.05, 3.63) is 24.3 Å². The number of ether oxygens (including phenoxy) is 2. The highest BCUT2D eigenvalue weighted by atomic mass is 127. The second kappa shape index (κ2) is 14.7. The fourth-order valence-corrected chi connectivity index (χ4v) is 3.33. The van der Waals surface area contributed by atoms with Gasteiger partial charge in [-0.15, -0.1) is 24.0 Å². The van der Waals surface area contributed by atoms with Gasteiger partial charge in [0.15, 0.2) is 17.5 Å². The maximum absolute atomic E-state index is 6.02. The maximum atomic E-state index is 6.02. The van der Waals surface area contributed by atoms with Crippen molar-refractivity contribution in [3.8, 4) is 11.5 Å². The minimum Gasteiger partial charge on any atom is -0.493 e. The van der Waals surface area contributed by atoms with Crippen LogP contribution in [0.4, 0.5) is 0 Å². The number of benzene rings is 1. The molecule has 2 rings (SSSR count). The third-order valence-corrected chi connectivity index (χ3v) is 5.03. The molecule has 1 fully saturated rings. The van der Waals surface area contributed by atoms with E-state index >= 15 is 0 Å². The predicted molar refractivity (Wildman–Crippen MR) is 136 cm³/mol. The van der Waals surface area contributed by atoms with E-state index < -0.39 is 0 Å². The van der Waals surface area contributed by atoms with Crippen LogP contribution < -0.4 is 20.1 Å². The van der Waals surface area contributed by atoms with Gasteiger partial charge in [-0.05, 0) is 38.9 Å². The number of nitrogens with zero attached hydrogens (tertiary/aromatic N) is 3. The summed E-state index contributed by atoms with van der Waals surface area (Å²) in [5.41, 5.74) is 0. The van der Waals surface area contributed by atoms with Crippen LogP contribution in [0.2, 0.25) is 0 Å². The van der Waals surface area contributed by atoms with Gasteiger partial charge in [0.1, 0.15) is 6.10 Å². The van der Waals surface area contributed by atoms with E-state index in [2.05, 4.69) is 41.3 Å². The molecule has 0 bridgehead atoms. The van der Waals surface area contributed by atoms with E-state index in [0.717, 1.165) is 63.3 Å². The Morgan fingerprint density at radius 3 is 2.40 bits per heavy atom. The van der Waals surface area contributed by atoms with Crippen molar-refractivity contribution in [1.82, 2.24) is 20.4 Å². The molecule has 1 aromatic carbocycles. The molecule has 0 saturated carbocycles. The van der Waals surface area contributed by atoms with Crippen LogP contribution in [0.25, 0.3) is 0 Å². The average molecular weight is 533 g/mol. The maximum Gasteiger partial charge on any atom is 0.191 e. The molecule has 0 radical (unpaired) electrons. The van der Waals surface area contributed by atoms with E-state index in [1.165, 1.54) is 0 Å². The molecule has 30 heavy (non-hydrogen) atoms. The summed E-state index contributed by atoms with van der Waals surface area (Å²) in [6.45, 7) is 14.4. The number of hydrogen-bond donors (Lipinski definition) is 2. The van der Waals surface area contributed by atoms with E-state index in [-0.39, 0.29) is 30.1 Å². The average Bonchev–Trinajstić information content (AvgIpc) is 2.72. The fourth-order valence-electron chi connectivity index (χ4n) is 3.33. The molecule has 0 aromatic heterocycles. The highest BCUT2D eigenvalue weighted by Crippen LogP contribution is 2.26. The Morgan fingerprint density at radius 1 is 1.10 bits per heavy atom. The monoisotopic (exact) mass is 533 g/mol. The summed E-state index contributed by atoms with van der Waals surface area (Å²) in [4.78, 5) is 9.72. The summed E-state index contributed by atoms with van der Waals surface area (Å²) >= 11 is 0. The molecule has 2 atom stereocenters. The molecule has 172 valence electrons. The third kappa shape index (κ3) is 9.70. The van der Waals surface area contributed by atoms with Gasteiger partial charge in [0.05, 0.1) is 13.7 Å². The van der Waals surface area contributed by atoms with Crippen molar-refractivity contribution >= 4 is 29.9 Å². The zero-order valence-corrected chi connectivity index (χ0v) is 21.5. The van der Waals surface area contributed by atoms with Crippen molar-refractivity contribution < 1.29 is 9.47 Å². The Morgan fingerprint density at radius 2 is 1.77 bits per heavy atom. The number of likely N-dealkylation sites (N-methyl/N-ethyl adjacent to an activating group) is 1. The Balaban J connectivity index is 0.00000450. The first-order valence-electron chi connectivity index (χ1n) is 10.7. The number of piperazine rings is 1. The number of nitrogens with one attached hydrogen (secondary N) is 2. The molecule has 0 amide bonds. The standard InChI is InChI=1S/C22H39N5O2.HI/c1-6-23-22(24-15-18(2)17-27-13-11-26(4)12-14-27)25-16-19(3)29-21-10-8-7-9-20(21)28-5;/h7-10,18-19H,6,11-17H2,1-5H3,(H2,23,24,25);1H. The van der Waals surface area contributed by atoms with E-state index in [9.17, 15) is 0 Å². The van der Waals surface area contributed by atoms with Gasteiger partial charge >= 0.3 is 0 Å². The SMILES string of the molecule is CCNC(=NCC(C)CN1CCN(C)CC1)NCC(C)Oc1ccccc1OC.I. The summed E-state index contributed by atoms with van der Waals surface area (Å²) in [6, 6.07) is 7.72. The van der Waals surface area contributed by atoms with Gasteiger partial charge in [0.2, 0.25) is 0 Å². The summed E-state index contributed by atoms with van der Waals surface area (Å²) in [7, 11) is 3.85. The zero-order valence-electron chi connectivity index (χ0n) is 19.2. The molecule has 0 spiro atoms. The van der Waals surface area contributed by atoms with Crippen LogP contribution in [-0.2, 0) is 0 Å². The molecular weight excluding hydrogens is 493 g/mol. The fraction of sp³-hybridized carbons (Fsp3) is 0.682. The van der Waals surface area contributed by atoms with Gasteiger partial charge in [0.25, 0.3) is 0 Å². The zero-order chi connectivity index (χ0) is 21.1. The van der Waals surface area contributed by atoms with Crippen LogP contribution in [0.3, 0.4) is 0 Å². The Kier molecular flexibility index (Phi) is 13.1. The Labute approximate surface area is 199 Å². The molecule has 2 N–H and O–H groups in total. The Hall–Kier alpha value is -1.26. The van der Waals surface area contributed by atoms with E-state index in [1.807, 2.05) is 31.2 Å². The van der Waals surface area contributed by atoms with E-state index in [4.69, 9.17) is 14.5 Å². The number of rotatable bonds is 10. The summed E-state index contributed by atoms with van der Waals surface area (Å²) < 4.78 is 11.4. The first-order valence-corrected chi connectivity index (χ1v) is 10.7. The van der Waals surface area contributed by atoms with Crippen molar-refractivity contribution in [3.63, 3.8) is 0 Å². The number of methoxy groups -OCH3 is 1. The van der Waals surface area contributed by atoms with E-state index in [0.29, 0.717) is 12.5 Å². The molecule has 1 heterocycles. The highest BCUT2D eigenvalue weighted by Gasteiger charge is 2.16. The van der Waals surface area contributed by atoms with Crippen molar-refractivity contribution in [2.24, 2.45) is 10.9 Å². The van der Waals surface area contributed by atoms with Crippen LogP contribution in [0.5, 0.6) is 11.5 Å². The first-order chi connectivity index (χ1) is 14.0. The van der Waals surface area contributed by atoms with Gasteiger partial charge in [-0.3, -0.25) is 4.99 Å². The molecule has 1 saturated heterocycles. The molecule has 7 nitrogen and oxygen atoms in total. The highest BCUT2D eigenvalue weighted by molar-refractivity contribution is 14.0. The van der Waals surface area contributed by atoms with Crippen LogP contribution in [-0.4, -0.2) is 88.4 Å². The van der Waals surface area contributed by atoms with Gasteiger partial charge in [-0.25, -0.2) is 0 Å². The molecule has 2 unspecified atom stereocenters. The van der Waals surface area contributed by atoms with E-state index in [1.54, 1.807) is 7.11 Å². The summed E-state index contributed by atoms with van der Waals surface area (Å²) in [6.07, 6.45) is -0.0158. The number of para-hydroxylation sites is 2. The lowest BCUT2D eigenvalue weighted by Crippen LogP contribution is -2.46. The number of hydrogen-bond acceptors (Lipinski definition) is 5. The Bertz CT molecular complexity index is 623. The van der Waals surface area contributed by atoms with Gasteiger partial charge in [0, 0.05) is 45.8 Å². The summed E-state index contributed by atoms with van der Waals surface area (Å²) in [5, 5.41) is 6.72. The molecule has 8 heteroatoms.